The van der Waals surface area contributed by atoms with Crippen molar-refractivity contribution < 1.29 is 5.11 Å². The van der Waals surface area contributed by atoms with Crippen molar-refractivity contribution >= 4 is 17.6 Å². The lowest BCUT2D eigenvalue weighted by Gasteiger charge is -2.21. The Morgan fingerprint density at radius 2 is 2.00 bits per heavy atom. The summed E-state index contributed by atoms with van der Waals surface area (Å²) in [6.07, 6.45) is 4.81. The van der Waals surface area contributed by atoms with Crippen molar-refractivity contribution in [2.24, 2.45) is 4.99 Å². The first-order valence-corrected chi connectivity index (χ1v) is 6.45. The van der Waals surface area contributed by atoms with E-state index in [2.05, 4.69) is 30.7 Å². The smallest absolute Gasteiger partial charge is 0.128 e. The molecule has 0 amide bonds. The molecule has 1 heterocycles. The van der Waals surface area contributed by atoms with Crippen molar-refractivity contribution in [2.75, 3.05) is 5.73 Å². The Morgan fingerprint density at radius 1 is 1.25 bits per heavy atom. The van der Waals surface area contributed by atoms with Gasteiger partial charge in [0.15, 0.2) is 0 Å². The Morgan fingerprint density at radius 3 is 2.65 bits per heavy atom. The predicted molar refractivity (Wildman–Crippen MR) is 82.7 cm³/mol. The lowest BCUT2D eigenvalue weighted by molar-refractivity contribution is 0.446. The summed E-state index contributed by atoms with van der Waals surface area (Å²) in [6.45, 7) is 6.18. The number of para-hydroxylation sites is 1. The number of anilines is 1. The molecular formula is C16H19N3O. The normalized spacial score (nSPS) is 11.9. The van der Waals surface area contributed by atoms with E-state index in [0.717, 1.165) is 5.56 Å². The van der Waals surface area contributed by atoms with Crippen LogP contribution in [0.2, 0.25) is 0 Å². The van der Waals surface area contributed by atoms with Crippen LogP contribution in [0.15, 0.2) is 41.7 Å². The molecular weight excluding hydrogens is 250 g/mol. The Labute approximate surface area is 119 Å². The summed E-state index contributed by atoms with van der Waals surface area (Å²) in [6, 6.07) is 7.40. The predicted octanol–water partition coefficient (Wildman–Crippen LogP) is 3.42. The van der Waals surface area contributed by atoms with Gasteiger partial charge in [-0.3, -0.25) is 9.98 Å². The van der Waals surface area contributed by atoms with E-state index < -0.39 is 0 Å². The SMILES string of the molecule is CC(C)(C)c1cccc(C=Nc2ccncc2N)c1O. The highest BCUT2D eigenvalue weighted by molar-refractivity contribution is 5.87. The van der Waals surface area contributed by atoms with Gasteiger partial charge in [-0.1, -0.05) is 32.9 Å². The van der Waals surface area contributed by atoms with Crippen LogP contribution in [0.25, 0.3) is 0 Å². The molecule has 2 aromatic rings. The third kappa shape index (κ3) is 2.96. The molecule has 0 radical (unpaired) electrons. The van der Waals surface area contributed by atoms with E-state index in [0.29, 0.717) is 16.9 Å². The Kier molecular flexibility index (Phi) is 3.74. The number of nitrogens with zero attached hydrogens (tertiary/aromatic N) is 2. The molecule has 0 saturated heterocycles. The molecule has 3 N–H and O–H groups in total. The van der Waals surface area contributed by atoms with Crippen LogP contribution in [0.5, 0.6) is 5.75 Å². The Bertz CT molecular complexity index is 642. The number of phenolic OH excluding ortho intramolecular Hbond substituents is 1. The number of pyridine rings is 1. The van der Waals surface area contributed by atoms with Crippen LogP contribution in [0.3, 0.4) is 0 Å². The van der Waals surface area contributed by atoms with Gasteiger partial charge in [0.1, 0.15) is 5.75 Å². The average Bonchev–Trinajstić information content (AvgIpc) is 2.38. The Hall–Kier alpha value is -2.36. The Balaban J connectivity index is 2.38. The summed E-state index contributed by atoms with van der Waals surface area (Å²) in [5.41, 5.74) is 8.38. The highest BCUT2D eigenvalue weighted by Gasteiger charge is 2.19. The molecule has 0 atom stereocenters. The molecule has 104 valence electrons. The van der Waals surface area contributed by atoms with E-state index in [1.807, 2.05) is 18.2 Å². The largest absolute Gasteiger partial charge is 0.507 e. The summed E-state index contributed by atoms with van der Waals surface area (Å²) < 4.78 is 0. The minimum atomic E-state index is -0.121. The molecule has 0 aliphatic heterocycles. The second-order valence-corrected chi connectivity index (χ2v) is 5.69. The van der Waals surface area contributed by atoms with Crippen LogP contribution in [-0.2, 0) is 5.41 Å². The molecule has 0 aliphatic rings. The van der Waals surface area contributed by atoms with Gasteiger partial charge in [-0.15, -0.1) is 0 Å². The van der Waals surface area contributed by atoms with Crippen molar-refractivity contribution in [3.05, 3.63) is 47.8 Å². The molecule has 0 aliphatic carbocycles. The molecule has 0 fully saturated rings. The van der Waals surface area contributed by atoms with Gasteiger partial charge < -0.3 is 10.8 Å². The van der Waals surface area contributed by atoms with Crippen LogP contribution in [0.1, 0.15) is 31.9 Å². The molecule has 2 rings (SSSR count). The minimum Gasteiger partial charge on any atom is -0.507 e. The maximum atomic E-state index is 10.3. The zero-order valence-electron chi connectivity index (χ0n) is 12.0. The van der Waals surface area contributed by atoms with Crippen LogP contribution < -0.4 is 5.73 Å². The number of aromatic hydroxyl groups is 1. The first-order chi connectivity index (χ1) is 9.39. The number of rotatable bonds is 2. The fraction of sp³-hybridized carbons (Fsp3) is 0.250. The first kappa shape index (κ1) is 14.1. The topological polar surface area (TPSA) is 71.5 Å². The third-order valence-electron chi connectivity index (χ3n) is 3.05. The fourth-order valence-electron chi connectivity index (χ4n) is 1.93. The van der Waals surface area contributed by atoms with Gasteiger partial charge in [0, 0.05) is 18.0 Å². The van der Waals surface area contributed by atoms with Gasteiger partial charge in [-0.25, -0.2) is 0 Å². The highest BCUT2D eigenvalue weighted by Crippen LogP contribution is 2.32. The number of aliphatic imine (C=N–C) groups is 1. The molecule has 4 heteroatoms. The molecule has 1 aromatic heterocycles. The molecule has 1 aromatic carbocycles. The highest BCUT2D eigenvalue weighted by atomic mass is 16.3. The van der Waals surface area contributed by atoms with E-state index >= 15 is 0 Å². The third-order valence-corrected chi connectivity index (χ3v) is 3.05. The molecule has 0 bridgehead atoms. The number of hydrogen-bond acceptors (Lipinski definition) is 4. The van der Waals surface area contributed by atoms with Gasteiger partial charge in [-0.05, 0) is 23.1 Å². The molecule has 0 spiro atoms. The van der Waals surface area contributed by atoms with Crippen molar-refractivity contribution in [3.63, 3.8) is 0 Å². The van der Waals surface area contributed by atoms with Crippen LogP contribution >= 0.6 is 0 Å². The molecule has 20 heavy (non-hydrogen) atoms. The summed E-state index contributed by atoms with van der Waals surface area (Å²) in [5, 5.41) is 10.3. The van der Waals surface area contributed by atoms with E-state index in [9.17, 15) is 5.11 Å². The molecule has 0 unspecified atom stereocenters. The van der Waals surface area contributed by atoms with Gasteiger partial charge >= 0.3 is 0 Å². The number of nitrogen functional groups attached to an aromatic ring is 1. The summed E-state index contributed by atoms with van der Waals surface area (Å²) >= 11 is 0. The van der Waals surface area contributed by atoms with E-state index in [1.54, 1.807) is 24.7 Å². The molecule has 0 saturated carbocycles. The fourth-order valence-corrected chi connectivity index (χ4v) is 1.93. The van der Waals surface area contributed by atoms with E-state index in [-0.39, 0.29) is 11.2 Å². The second kappa shape index (κ2) is 5.33. The van der Waals surface area contributed by atoms with Crippen LogP contribution in [-0.4, -0.2) is 16.3 Å². The maximum Gasteiger partial charge on any atom is 0.128 e. The average molecular weight is 269 g/mol. The zero-order chi connectivity index (χ0) is 14.8. The minimum absolute atomic E-state index is 0.121. The zero-order valence-corrected chi connectivity index (χ0v) is 12.0. The van der Waals surface area contributed by atoms with Crippen molar-refractivity contribution in [1.82, 2.24) is 4.98 Å². The van der Waals surface area contributed by atoms with E-state index in [4.69, 9.17) is 5.73 Å². The van der Waals surface area contributed by atoms with Crippen molar-refractivity contribution in [2.45, 2.75) is 26.2 Å². The van der Waals surface area contributed by atoms with Gasteiger partial charge in [0.2, 0.25) is 0 Å². The number of hydrogen-bond donors (Lipinski definition) is 2. The lowest BCUT2D eigenvalue weighted by Crippen LogP contribution is -2.11. The van der Waals surface area contributed by atoms with Crippen molar-refractivity contribution in [1.29, 1.82) is 0 Å². The molecule has 4 nitrogen and oxygen atoms in total. The maximum absolute atomic E-state index is 10.3. The quantitative estimate of drug-likeness (QED) is 0.820. The standard InChI is InChI=1S/C16H19N3O/c1-16(2,3)12-6-4-5-11(15(12)20)9-19-14-7-8-18-10-13(14)17/h4-10,20H,17H2,1-3H3. The first-order valence-electron chi connectivity index (χ1n) is 6.45. The lowest BCUT2D eigenvalue weighted by atomic mass is 9.85. The summed E-state index contributed by atoms with van der Waals surface area (Å²) in [5.74, 6) is 0.261. The van der Waals surface area contributed by atoms with Crippen LogP contribution in [0, 0.1) is 0 Å². The monoisotopic (exact) mass is 269 g/mol. The van der Waals surface area contributed by atoms with Gasteiger partial charge in [0.05, 0.1) is 17.6 Å². The van der Waals surface area contributed by atoms with Crippen LogP contribution in [0.4, 0.5) is 11.4 Å². The van der Waals surface area contributed by atoms with Crippen molar-refractivity contribution in [3.8, 4) is 5.75 Å². The number of aromatic nitrogens is 1. The summed E-state index contributed by atoms with van der Waals surface area (Å²) in [4.78, 5) is 8.23. The summed E-state index contributed by atoms with van der Waals surface area (Å²) in [7, 11) is 0. The number of phenols is 1. The number of nitrogens with two attached hydrogens (primary N) is 1. The number of benzene rings is 1. The second-order valence-electron chi connectivity index (χ2n) is 5.69. The van der Waals surface area contributed by atoms with Gasteiger partial charge in [-0.2, -0.15) is 0 Å². The van der Waals surface area contributed by atoms with Gasteiger partial charge in [0.25, 0.3) is 0 Å². The van der Waals surface area contributed by atoms with E-state index in [1.165, 1.54) is 0 Å².